The van der Waals surface area contributed by atoms with Crippen molar-refractivity contribution in [1.29, 1.82) is 0 Å². The molecule has 0 amide bonds. The first kappa shape index (κ1) is 13.1. The third-order valence-electron chi connectivity index (χ3n) is 3.38. The zero-order chi connectivity index (χ0) is 13.1. The SMILES string of the molecule is CCN(CC)CC(O)c1cccc2cc(C)oc12. The molecule has 18 heavy (non-hydrogen) atoms. The van der Waals surface area contributed by atoms with Crippen LogP contribution in [0.1, 0.15) is 31.3 Å². The second-order valence-electron chi connectivity index (χ2n) is 4.62. The molecule has 0 aliphatic heterocycles. The van der Waals surface area contributed by atoms with E-state index in [9.17, 15) is 5.11 Å². The van der Waals surface area contributed by atoms with Crippen LogP contribution in [0.2, 0.25) is 0 Å². The van der Waals surface area contributed by atoms with Crippen LogP contribution < -0.4 is 0 Å². The molecule has 2 aromatic rings. The molecule has 1 unspecified atom stereocenters. The lowest BCUT2D eigenvalue weighted by Crippen LogP contribution is -2.28. The van der Waals surface area contributed by atoms with Gasteiger partial charge in [0.05, 0.1) is 6.10 Å². The van der Waals surface area contributed by atoms with Gasteiger partial charge in [0.1, 0.15) is 11.3 Å². The summed E-state index contributed by atoms with van der Waals surface area (Å²) >= 11 is 0. The minimum absolute atomic E-state index is 0.501. The Labute approximate surface area is 108 Å². The van der Waals surface area contributed by atoms with Gasteiger partial charge in [0.15, 0.2) is 0 Å². The number of para-hydroxylation sites is 1. The molecule has 1 heterocycles. The zero-order valence-electron chi connectivity index (χ0n) is 11.3. The molecule has 2 rings (SSSR count). The number of aliphatic hydroxyl groups is 1. The summed E-state index contributed by atoms with van der Waals surface area (Å²) in [4.78, 5) is 2.21. The van der Waals surface area contributed by atoms with E-state index in [-0.39, 0.29) is 0 Å². The molecule has 98 valence electrons. The maximum atomic E-state index is 10.4. The average molecular weight is 247 g/mol. The van der Waals surface area contributed by atoms with Crippen LogP contribution in [-0.2, 0) is 0 Å². The molecule has 0 bridgehead atoms. The van der Waals surface area contributed by atoms with Gasteiger partial charge in [-0.2, -0.15) is 0 Å². The third-order valence-corrected chi connectivity index (χ3v) is 3.38. The van der Waals surface area contributed by atoms with E-state index < -0.39 is 6.10 Å². The molecule has 1 N–H and O–H groups in total. The first-order valence-corrected chi connectivity index (χ1v) is 6.55. The Bertz CT molecular complexity index is 514. The number of likely N-dealkylation sites (N-methyl/N-ethyl adjacent to an activating group) is 1. The second-order valence-corrected chi connectivity index (χ2v) is 4.62. The quantitative estimate of drug-likeness (QED) is 0.882. The van der Waals surface area contributed by atoms with E-state index in [1.807, 2.05) is 31.2 Å². The van der Waals surface area contributed by atoms with Crippen molar-refractivity contribution in [3.05, 3.63) is 35.6 Å². The van der Waals surface area contributed by atoms with Crippen LogP contribution in [-0.4, -0.2) is 29.6 Å². The summed E-state index contributed by atoms with van der Waals surface area (Å²) in [5.41, 5.74) is 1.70. The van der Waals surface area contributed by atoms with Crippen molar-refractivity contribution in [3.63, 3.8) is 0 Å². The van der Waals surface area contributed by atoms with Crippen molar-refractivity contribution in [2.24, 2.45) is 0 Å². The molecule has 3 nitrogen and oxygen atoms in total. The number of aryl methyl sites for hydroxylation is 1. The summed E-state index contributed by atoms with van der Waals surface area (Å²) in [6, 6.07) is 7.93. The Balaban J connectivity index is 2.29. The first-order valence-electron chi connectivity index (χ1n) is 6.55. The Morgan fingerprint density at radius 2 is 2.00 bits per heavy atom. The summed E-state index contributed by atoms with van der Waals surface area (Å²) in [6.45, 7) is 8.68. The minimum Gasteiger partial charge on any atom is -0.461 e. The van der Waals surface area contributed by atoms with Crippen molar-refractivity contribution >= 4 is 11.0 Å². The van der Waals surface area contributed by atoms with Gasteiger partial charge in [-0.25, -0.2) is 0 Å². The van der Waals surface area contributed by atoms with Crippen molar-refractivity contribution in [2.45, 2.75) is 26.9 Å². The van der Waals surface area contributed by atoms with E-state index in [4.69, 9.17) is 4.42 Å². The Hall–Kier alpha value is -1.32. The van der Waals surface area contributed by atoms with E-state index >= 15 is 0 Å². The summed E-state index contributed by atoms with van der Waals surface area (Å²) in [7, 11) is 0. The van der Waals surface area contributed by atoms with Gasteiger partial charge in [-0.15, -0.1) is 0 Å². The highest BCUT2D eigenvalue weighted by Crippen LogP contribution is 2.27. The lowest BCUT2D eigenvalue weighted by molar-refractivity contribution is 0.119. The second kappa shape index (κ2) is 5.55. The number of aliphatic hydroxyl groups excluding tert-OH is 1. The molecular weight excluding hydrogens is 226 g/mol. The van der Waals surface area contributed by atoms with Gasteiger partial charge in [-0.3, -0.25) is 0 Å². The molecule has 0 radical (unpaired) electrons. The predicted molar refractivity (Wildman–Crippen MR) is 73.7 cm³/mol. The molecule has 1 aromatic heterocycles. The van der Waals surface area contributed by atoms with Crippen LogP contribution in [0.25, 0.3) is 11.0 Å². The molecule has 0 saturated heterocycles. The van der Waals surface area contributed by atoms with Crippen LogP contribution in [0.5, 0.6) is 0 Å². The van der Waals surface area contributed by atoms with Gasteiger partial charge in [-0.05, 0) is 26.1 Å². The molecule has 0 aliphatic carbocycles. The highest BCUT2D eigenvalue weighted by Gasteiger charge is 2.16. The van der Waals surface area contributed by atoms with Gasteiger partial charge in [0.25, 0.3) is 0 Å². The molecule has 0 spiro atoms. The Morgan fingerprint density at radius 3 is 2.67 bits per heavy atom. The van der Waals surface area contributed by atoms with E-state index in [0.29, 0.717) is 6.54 Å². The zero-order valence-corrected chi connectivity index (χ0v) is 11.3. The smallest absolute Gasteiger partial charge is 0.140 e. The lowest BCUT2D eigenvalue weighted by Gasteiger charge is -2.22. The van der Waals surface area contributed by atoms with Crippen molar-refractivity contribution in [1.82, 2.24) is 4.90 Å². The Morgan fingerprint density at radius 1 is 1.28 bits per heavy atom. The van der Waals surface area contributed by atoms with Crippen LogP contribution in [0.4, 0.5) is 0 Å². The first-order chi connectivity index (χ1) is 8.65. The number of hydrogen-bond acceptors (Lipinski definition) is 3. The van der Waals surface area contributed by atoms with Gasteiger partial charge in [0.2, 0.25) is 0 Å². The van der Waals surface area contributed by atoms with Crippen LogP contribution in [0.15, 0.2) is 28.7 Å². The molecular formula is C15H21NO2. The minimum atomic E-state index is -0.501. The fourth-order valence-corrected chi connectivity index (χ4v) is 2.30. The Kier molecular flexibility index (Phi) is 4.04. The molecule has 0 aliphatic rings. The molecule has 1 aromatic carbocycles. The van der Waals surface area contributed by atoms with Gasteiger partial charge < -0.3 is 14.4 Å². The number of benzene rings is 1. The topological polar surface area (TPSA) is 36.6 Å². The van der Waals surface area contributed by atoms with Crippen molar-refractivity contribution < 1.29 is 9.52 Å². The molecule has 0 fully saturated rings. The number of furan rings is 1. The normalized spacial score (nSPS) is 13.4. The van der Waals surface area contributed by atoms with E-state index in [0.717, 1.165) is 35.4 Å². The highest BCUT2D eigenvalue weighted by molar-refractivity contribution is 5.81. The number of rotatable bonds is 5. The summed E-state index contributed by atoms with van der Waals surface area (Å²) < 4.78 is 5.69. The summed E-state index contributed by atoms with van der Waals surface area (Å²) in [5.74, 6) is 0.882. The van der Waals surface area contributed by atoms with E-state index in [1.54, 1.807) is 0 Å². The monoisotopic (exact) mass is 247 g/mol. The average Bonchev–Trinajstić information content (AvgIpc) is 2.75. The number of hydrogen-bond donors (Lipinski definition) is 1. The van der Waals surface area contributed by atoms with Crippen molar-refractivity contribution in [2.75, 3.05) is 19.6 Å². The molecule has 0 saturated carbocycles. The van der Waals surface area contributed by atoms with Gasteiger partial charge >= 0.3 is 0 Å². The fraction of sp³-hybridized carbons (Fsp3) is 0.467. The lowest BCUT2D eigenvalue weighted by atomic mass is 10.1. The molecule has 1 atom stereocenters. The van der Waals surface area contributed by atoms with E-state index in [1.165, 1.54) is 0 Å². The summed E-state index contributed by atoms with van der Waals surface area (Å²) in [6.07, 6.45) is -0.501. The number of nitrogens with zero attached hydrogens (tertiary/aromatic N) is 1. The van der Waals surface area contributed by atoms with Crippen LogP contribution in [0, 0.1) is 6.92 Å². The predicted octanol–water partition coefficient (Wildman–Crippen LogP) is 3.12. The standard InChI is InChI=1S/C15H21NO2/c1-4-16(5-2)10-14(17)13-8-6-7-12-9-11(3)18-15(12)13/h6-9,14,17H,4-5,10H2,1-3H3. The molecule has 3 heteroatoms. The van der Waals surface area contributed by atoms with Gasteiger partial charge in [0, 0.05) is 17.5 Å². The highest BCUT2D eigenvalue weighted by atomic mass is 16.3. The van der Waals surface area contributed by atoms with E-state index in [2.05, 4.69) is 18.7 Å². The maximum absolute atomic E-state index is 10.4. The van der Waals surface area contributed by atoms with Crippen LogP contribution >= 0.6 is 0 Å². The van der Waals surface area contributed by atoms with Crippen LogP contribution in [0.3, 0.4) is 0 Å². The number of fused-ring (bicyclic) bond motifs is 1. The van der Waals surface area contributed by atoms with Gasteiger partial charge in [-0.1, -0.05) is 32.0 Å². The maximum Gasteiger partial charge on any atom is 0.140 e. The van der Waals surface area contributed by atoms with Crippen molar-refractivity contribution in [3.8, 4) is 0 Å². The fourth-order valence-electron chi connectivity index (χ4n) is 2.30. The third kappa shape index (κ3) is 2.57. The largest absolute Gasteiger partial charge is 0.461 e. The summed E-state index contributed by atoms with van der Waals surface area (Å²) in [5, 5.41) is 11.4.